The smallest absolute Gasteiger partial charge is 0.244 e. The number of ether oxygens (including phenoxy) is 3. The van der Waals surface area contributed by atoms with Crippen molar-refractivity contribution in [3.63, 3.8) is 0 Å². The molecule has 1 aliphatic rings. The number of rotatable bonds is 8. The first kappa shape index (κ1) is 22.2. The second kappa shape index (κ2) is 9.55. The van der Waals surface area contributed by atoms with E-state index in [1.54, 1.807) is 37.4 Å². The summed E-state index contributed by atoms with van der Waals surface area (Å²) >= 11 is 0. The molecule has 164 valence electrons. The number of nitrogens with one attached hydrogen (secondary N) is 1. The van der Waals surface area contributed by atoms with E-state index in [-0.39, 0.29) is 17.5 Å². The molecule has 0 aliphatic carbocycles. The van der Waals surface area contributed by atoms with E-state index < -0.39 is 10.0 Å². The Bertz CT molecular complexity index is 981. The fraction of sp³-hybridized carbons (Fsp3) is 0.429. The molecule has 1 fully saturated rings. The zero-order valence-corrected chi connectivity index (χ0v) is 18.4. The van der Waals surface area contributed by atoms with E-state index >= 15 is 0 Å². The largest absolute Gasteiger partial charge is 0.497 e. The van der Waals surface area contributed by atoms with Crippen LogP contribution in [0.5, 0.6) is 17.2 Å². The monoisotopic (exact) mass is 435 g/mol. The lowest BCUT2D eigenvalue weighted by Crippen LogP contribution is -2.39. The van der Waals surface area contributed by atoms with Gasteiger partial charge in [-0.1, -0.05) is 6.07 Å². The van der Waals surface area contributed by atoms with Crippen LogP contribution in [0.3, 0.4) is 0 Å². The van der Waals surface area contributed by atoms with Gasteiger partial charge >= 0.3 is 0 Å². The average Bonchev–Trinajstić information content (AvgIpc) is 2.73. The summed E-state index contributed by atoms with van der Waals surface area (Å²) < 4.78 is 45.4. The Morgan fingerprint density at radius 3 is 2.63 bits per heavy atom. The van der Waals surface area contributed by atoms with Crippen LogP contribution in [-0.4, -0.2) is 53.8 Å². The summed E-state index contributed by atoms with van der Waals surface area (Å²) in [7, 11) is 1.24. The summed E-state index contributed by atoms with van der Waals surface area (Å²) in [5, 5.41) is 0. The summed E-state index contributed by atoms with van der Waals surface area (Å²) in [6.07, 6.45) is 1.82. The molecule has 1 heterocycles. The number of nitrogen functional groups attached to an aromatic ring is 1. The van der Waals surface area contributed by atoms with Crippen molar-refractivity contribution in [1.29, 1.82) is 0 Å². The zero-order valence-electron chi connectivity index (χ0n) is 17.6. The number of benzene rings is 2. The number of methoxy groups -OCH3 is 2. The maximum atomic E-state index is 13.1. The van der Waals surface area contributed by atoms with Crippen molar-refractivity contribution in [3.8, 4) is 17.2 Å². The Kier molecular flexibility index (Phi) is 7.06. The summed E-state index contributed by atoms with van der Waals surface area (Å²) in [6, 6.07) is 9.91. The maximum absolute atomic E-state index is 13.1. The Morgan fingerprint density at radius 2 is 1.93 bits per heavy atom. The third-order valence-corrected chi connectivity index (χ3v) is 6.50. The first-order valence-corrected chi connectivity index (χ1v) is 11.3. The predicted octanol–water partition coefficient (Wildman–Crippen LogP) is 2.24. The minimum Gasteiger partial charge on any atom is -0.497 e. The van der Waals surface area contributed by atoms with Crippen molar-refractivity contribution < 1.29 is 22.6 Å². The molecule has 1 aliphatic heterocycles. The Morgan fingerprint density at radius 1 is 1.13 bits per heavy atom. The molecule has 1 saturated heterocycles. The van der Waals surface area contributed by atoms with Crippen molar-refractivity contribution in [1.82, 2.24) is 9.62 Å². The molecule has 1 atom stereocenters. The van der Waals surface area contributed by atoms with Crippen LogP contribution in [0.2, 0.25) is 0 Å². The Labute approximate surface area is 178 Å². The normalized spacial score (nSPS) is 17.5. The molecule has 0 amide bonds. The summed E-state index contributed by atoms with van der Waals surface area (Å²) in [5.41, 5.74) is 6.91. The quantitative estimate of drug-likeness (QED) is 0.613. The summed E-state index contributed by atoms with van der Waals surface area (Å²) in [4.78, 5) is 2.21. The van der Waals surface area contributed by atoms with E-state index in [4.69, 9.17) is 19.9 Å². The van der Waals surface area contributed by atoms with Gasteiger partial charge in [-0.15, -0.1) is 0 Å². The molecule has 3 rings (SSSR count). The number of hydrogen-bond acceptors (Lipinski definition) is 7. The first-order valence-electron chi connectivity index (χ1n) is 9.77. The standard InChI is InChI=1S/C21H29N3O5S/c1-24-10-4-5-18(14-24)29-19-9-7-16(22)11-21(19)30(25,26)23-13-15-6-8-17(27-2)12-20(15)28-3/h6-9,11-12,18,23H,4-5,10,13-14,22H2,1-3H3/t18-/m1/s1. The molecule has 0 unspecified atom stereocenters. The number of likely N-dealkylation sites (tertiary alicyclic amines) is 1. The lowest BCUT2D eigenvalue weighted by molar-refractivity contribution is 0.101. The molecule has 2 aromatic carbocycles. The summed E-state index contributed by atoms with van der Waals surface area (Å²) in [6.45, 7) is 1.81. The van der Waals surface area contributed by atoms with Gasteiger partial charge in [0, 0.05) is 30.4 Å². The number of hydrogen-bond donors (Lipinski definition) is 2. The van der Waals surface area contributed by atoms with E-state index in [9.17, 15) is 8.42 Å². The minimum absolute atomic E-state index is 0.0307. The Hall–Kier alpha value is -2.49. The zero-order chi connectivity index (χ0) is 21.7. The molecule has 0 radical (unpaired) electrons. The van der Waals surface area contributed by atoms with Gasteiger partial charge in [-0.3, -0.25) is 0 Å². The lowest BCUT2D eigenvalue weighted by Gasteiger charge is -2.30. The van der Waals surface area contributed by atoms with Gasteiger partial charge in [-0.05, 0) is 50.7 Å². The number of nitrogens with zero attached hydrogens (tertiary/aromatic N) is 1. The number of piperidine rings is 1. The van der Waals surface area contributed by atoms with Crippen LogP contribution in [0, 0.1) is 0 Å². The molecule has 0 saturated carbocycles. The SMILES string of the molecule is COc1ccc(CNS(=O)(=O)c2cc(N)ccc2O[C@@H]2CCCN(C)C2)c(OC)c1. The fourth-order valence-corrected chi connectivity index (χ4v) is 4.65. The highest BCUT2D eigenvalue weighted by molar-refractivity contribution is 7.89. The van der Waals surface area contributed by atoms with Crippen LogP contribution >= 0.6 is 0 Å². The van der Waals surface area contributed by atoms with Crippen LogP contribution in [0.1, 0.15) is 18.4 Å². The highest BCUT2D eigenvalue weighted by Gasteiger charge is 2.25. The van der Waals surface area contributed by atoms with Crippen LogP contribution in [-0.2, 0) is 16.6 Å². The van der Waals surface area contributed by atoms with Gasteiger partial charge in [0.1, 0.15) is 28.2 Å². The van der Waals surface area contributed by atoms with Crippen LogP contribution in [0.15, 0.2) is 41.3 Å². The number of anilines is 1. The molecule has 8 nitrogen and oxygen atoms in total. The Balaban J connectivity index is 1.81. The van der Waals surface area contributed by atoms with E-state index in [0.717, 1.165) is 25.9 Å². The van der Waals surface area contributed by atoms with Gasteiger partial charge in [0.15, 0.2) is 0 Å². The third-order valence-electron chi connectivity index (χ3n) is 5.08. The van der Waals surface area contributed by atoms with Gasteiger partial charge in [0.2, 0.25) is 10.0 Å². The molecular formula is C21H29N3O5S. The average molecular weight is 436 g/mol. The molecule has 0 aromatic heterocycles. The minimum atomic E-state index is -3.87. The molecule has 2 aromatic rings. The predicted molar refractivity (Wildman–Crippen MR) is 116 cm³/mol. The molecule has 30 heavy (non-hydrogen) atoms. The van der Waals surface area contributed by atoms with Crippen molar-refractivity contribution in [3.05, 3.63) is 42.0 Å². The molecular weight excluding hydrogens is 406 g/mol. The van der Waals surface area contributed by atoms with Crippen LogP contribution in [0.4, 0.5) is 5.69 Å². The molecule has 0 spiro atoms. The van der Waals surface area contributed by atoms with Gasteiger partial charge < -0.3 is 24.8 Å². The van der Waals surface area contributed by atoms with Crippen molar-refractivity contribution in [2.75, 3.05) is 40.1 Å². The molecule has 9 heteroatoms. The summed E-state index contributed by atoms with van der Waals surface area (Å²) in [5.74, 6) is 1.47. The third kappa shape index (κ3) is 5.35. The number of sulfonamides is 1. The number of likely N-dealkylation sites (N-methyl/N-ethyl adjacent to an activating group) is 1. The topological polar surface area (TPSA) is 103 Å². The van der Waals surface area contributed by atoms with Crippen molar-refractivity contribution in [2.24, 2.45) is 0 Å². The second-order valence-electron chi connectivity index (χ2n) is 7.35. The van der Waals surface area contributed by atoms with Crippen molar-refractivity contribution >= 4 is 15.7 Å². The van der Waals surface area contributed by atoms with Crippen LogP contribution < -0.4 is 24.7 Å². The first-order chi connectivity index (χ1) is 14.3. The number of nitrogens with two attached hydrogens (primary N) is 1. The van der Waals surface area contributed by atoms with Gasteiger partial charge in [-0.2, -0.15) is 0 Å². The van der Waals surface area contributed by atoms with E-state index in [1.165, 1.54) is 13.2 Å². The van der Waals surface area contributed by atoms with E-state index in [0.29, 0.717) is 28.5 Å². The van der Waals surface area contributed by atoms with E-state index in [1.807, 2.05) is 7.05 Å². The van der Waals surface area contributed by atoms with Gasteiger partial charge in [-0.25, -0.2) is 13.1 Å². The molecule has 3 N–H and O–H groups in total. The van der Waals surface area contributed by atoms with E-state index in [2.05, 4.69) is 9.62 Å². The highest BCUT2D eigenvalue weighted by Crippen LogP contribution is 2.30. The van der Waals surface area contributed by atoms with Crippen molar-refractivity contribution in [2.45, 2.75) is 30.4 Å². The fourth-order valence-electron chi connectivity index (χ4n) is 3.48. The van der Waals surface area contributed by atoms with Gasteiger partial charge in [0.05, 0.1) is 14.2 Å². The van der Waals surface area contributed by atoms with Gasteiger partial charge in [0.25, 0.3) is 0 Å². The molecule has 0 bridgehead atoms. The second-order valence-corrected chi connectivity index (χ2v) is 9.09. The van der Waals surface area contributed by atoms with Crippen LogP contribution in [0.25, 0.3) is 0 Å². The highest BCUT2D eigenvalue weighted by atomic mass is 32.2. The maximum Gasteiger partial charge on any atom is 0.244 e. The lowest BCUT2D eigenvalue weighted by atomic mass is 10.1.